The number of carbonyl (C=O) groups is 1. The molecule has 0 spiro atoms. The summed E-state index contributed by atoms with van der Waals surface area (Å²) in [6.07, 6.45) is 7.00. The Kier molecular flexibility index (Phi) is 5.11. The molecular formula is C25H29N3O. The number of nitrogens with zero attached hydrogens (tertiary/aromatic N) is 1. The minimum atomic E-state index is 0.242. The second-order valence-electron chi connectivity index (χ2n) is 8.48. The zero-order valence-electron chi connectivity index (χ0n) is 16.8. The molecule has 2 N–H and O–H groups in total. The summed E-state index contributed by atoms with van der Waals surface area (Å²) in [5.41, 5.74) is 3.58. The fourth-order valence-electron chi connectivity index (χ4n) is 5.40. The molecule has 2 saturated heterocycles. The third kappa shape index (κ3) is 3.58. The van der Waals surface area contributed by atoms with E-state index in [2.05, 4.69) is 57.7 Å². The molecule has 0 unspecified atom stereocenters. The van der Waals surface area contributed by atoms with E-state index in [0.29, 0.717) is 18.4 Å². The van der Waals surface area contributed by atoms with E-state index in [1.54, 1.807) is 0 Å². The second kappa shape index (κ2) is 8.03. The molecule has 0 radical (unpaired) electrons. The lowest BCUT2D eigenvalue weighted by atomic mass is 9.80. The molecule has 3 aromatic rings. The number of aromatic amines is 1. The van der Waals surface area contributed by atoms with Gasteiger partial charge in [-0.15, -0.1) is 0 Å². The lowest BCUT2D eigenvalue weighted by molar-refractivity contribution is -0.134. The molecule has 1 amide bonds. The van der Waals surface area contributed by atoms with E-state index in [1.165, 1.54) is 12.0 Å². The van der Waals surface area contributed by atoms with Gasteiger partial charge in [0.15, 0.2) is 0 Å². The van der Waals surface area contributed by atoms with Crippen molar-refractivity contribution < 1.29 is 4.79 Å². The van der Waals surface area contributed by atoms with Crippen LogP contribution in [-0.2, 0) is 11.2 Å². The molecule has 2 fully saturated rings. The topological polar surface area (TPSA) is 48.1 Å². The molecule has 0 aliphatic carbocycles. The smallest absolute Gasteiger partial charge is 0.227 e. The molecule has 0 saturated carbocycles. The number of hydrogen-bond donors (Lipinski definition) is 2. The van der Waals surface area contributed by atoms with Crippen molar-refractivity contribution in [3.05, 3.63) is 71.9 Å². The Morgan fingerprint density at radius 3 is 2.72 bits per heavy atom. The van der Waals surface area contributed by atoms with Gasteiger partial charge in [-0.1, -0.05) is 55.0 Å². The monoisotopic (exact) mass is 387 g/mol. The molecule has 3 heterocycles. The number of para-hydroxylation sites is 1. The van der Waals surface area contributed by atoms with E-state index in [1.807, 2.05) is 18.3 Å². The number of carbonyl (C=O) groups excluding carboxylic acids is 1. The maximum absolute atomic E-state index is 13.6. The summed E-state index contributed by atoms with van der Waals surface area (Å²) in [4.78, 5) is 19.1. The van der Waals surface area contributed by atoms with Crippen molar-refractivity contribution in [3.8, 4) is 0 Å². The minimum absolute atomic E-state index is 0.242. The molecule has 1 aromatic heterocycles. The zero-order chi connectivity index (χ0) is 19.6. The van der Waals surface area contributed by atoms with Crippen LogP contribution < -0.4 is 5.32 Å². The molecular weight excluding hydrogens is 358 g/mol. The van der Waals surface area contributed by atoms with E-state index in [4.69, 9.17) is 0 Å². The van der Waals surface area contributed by atoms with Gasteiger partial charge in [-0.2, -0.15) is 0 Å². The summed E-state index contributed by atoms with van der Waals surface area (Å²) < 4.78 is 0. The first-order chi connectivity index (χ1) is 14.3. The average Bonchev–Trinajstić information content (AvgIpc) is 3.03. The number of aromatic nitrogens is 1. The van der Waals surface area contributed by atoms with Crippen molar-refractivity contribution in [2.24, 2.45) is 0 Å². The number of rotatable bonds is 3. The number of likely N-dealkylation sites (tertiary alicyclic amines) is 1. The third-order valence-corrected chi connectivity index (χ3v) is 6.78. The number of nitrogens with one attached hydrogen (secondary N) is 2. The molecule has 5 rings (SSSR count). The van der Waals surface area contributed by atoms with Crippen LogP contribution in [0.25, 0.3) is 10.9 Å². The third-order valence-electron chi connectivity index (χ3n) is 6.78. The van der Waals surface area contributed by atoms with Crippen molar-refractivity contribution in [1.29, 1.82) is 0 Å². The maximum Gasteiger partial charge on any atom is 0.227 e. The highest BCUT2D eigenvalue weighted by atomic mass is 16.2. The molecule has 150 valence electrons. The number of fused-ring (bicyclic) bond motifs is 2. The lowest BCUT2D eigenvalue weighted by Crippen LogP contribution is -2.58. The minimum Gasteiger partial charge on any atom is -0.361 e. The number of H-pyrrole nitrogens is 1. The number of hydrogen-bond acceptors (Lipinski definition) is 2. The largest absolute Gasteiger partial charge is 0.361 e. The molecule has 2 aromatic carbocycles. The number of benzene rings is 2. The normalized spacial score (nSPS) is 24.8. The van der Waals surface area contributed by atoms with Crippen molar-refractivity contribution in [3.63, 3.8) is 0 Å². The average molecular weight is 388 g/mol. The van der Waals surface area contributed by atoms with Gasteiger partial charge in [-0.3, -0.25) is 4.79 Å². The molecule has 0 bridgehead atoms. The van der Waals surface area contributed by atoms with Gasteiger partial charge in [0.1, 0.15) is 0 Å². The highest BCUT2D eigenvalue weighted by Crippen LogP contribution is 2.35. The van der Waals surface area contributed by atoms with E-state index in [0.717, 1.165) is 48.8 Å². The van der Waals surface area contributed by atoms with Gasteiger partial charge < -0.3 is 15.2 Å². The van der Waals surface area contributed by atoms with Gasteiger partial charge >= 0.3 is 0 Å². The molecule has 3 atom stereocenters. The predicted molar refractivity (Wildman–Crippen MR) is 117 cm³/mol. The second-order valence-corrected chi connectivity index (χ2v) is 8.48. The standard InChI is InChI=1S/C25H29N3O/c29-24(16-19-17-27-22-11-5-4-10-20(19)22)28-15-7-6-12-23-25(28)21(13-14-26-23)18-8-2-1-3-9-18/h1-5,8-11,17,21,23,25-27H,6-7,12-16H2/t21-,23-,25-/m1/s1. The van der Waals surface area contributed by atoms with Crippen molar-refractivity contribution >= 4 is 16.8 Å². The highest BCUT2D eigenvalue weighted by Gasteiger charge is 2.40. The quantitative estimate of drug-likeness (QED) is 0.706. The first-order valence-corrected chi connectivity index (χ1v) is 10.9. The zero-order valence-corrected chi connectivity index (χ0v) is 16.8. The molecule has 2 aliphatic heterocycles. The van der Waals surface area contributed by atoms with Crippen LogP contribution in [0.1, 0.15) is 42.7 Å². The Labute approximate surface area is 172 Å². The van der Waals surface area contributed by atoms with Gasteiger partial charge in [-0.05, 0) is 43.0 Å². The molecule has 4 nitrogen and oxygen atoms in total. The first kappa shape index (κ1) is 18.4. The van der Waals surface area contributed by atoms with E-state index >= 15 is 0 Å². The Bertz CT molecular complexity index is 980. The molecule has 29 heavy (non-hydrogen) atoms. The summed E-state index contributed by atoms with van der Waals surface area (Å²) in [6, 6.07) is 19.7. The molecule has 2 aliphatic rings. The van der Waals surface area contributed by atoms with Gasteiger partial charge in [0, 0.05) is 35.6 Å². The Morgan fingerprint density at radius 1 is 1.00 bits per heavy atom. The Balaban J connectivity index is 1.45. The van der Waals surface area contributed by atoms with Gasteiger partial charge in [0.2, 0.25) is 5.91 Å². The molecule has 4 heteroatoms. The lowest BCUT2D eigenvalue weighted by Gasteiger charge is -2.44. The van der Waals surface area contributed by atoms with Crippen LogP contribution in [-0.4, -0.2) is 41.0 Å². The van der Waals surface area contributed by atoms with E-state index < -0.39 is 0 Å². The van der Waals surface area contributed by atoms with Crippen LogP contribution in [0.15, 0.2) is 60.8 Å². The summed E-state index contributed by atoms with van der Waals surface area (Å²) >= 11 is 0. The van der Waals surface area contributed by atoms with Crippen LogP contribution in [0.2, 0.25) is 0 Å². The summed E-state index contributed by atoms with van der Waals surface area (Å²) in [6.45, 7) is 1.90. The summed E-state index contributed by atoms with van der Waals surface area (Å²) in [7, 11) is 0. The first-order valence-electron chi connectivity index (χ1n) is 10.9. The number of amides is 1. The van der Waals surface area contributed by atoms with Crippen LogP contribution in [0.4, 0.5) is 0 Å². The Morgan fingerprint density at radius 2 is 1.83 bits per heavy atom. The van der Waals surface area contributed by atoms with Gasteiger partial charge in [0.25, 0.3) is 0 Å². The van der Waals surface area contributed by atoms with Gasteiger partial charge in [0.05, 0.1) is 12.5 Å². The fourth-order valence-corrected chi connectivity index (χ4v) is 5.40. The van der Waals surface area contributed by atoms with Crippen LogP contribution >= 0.6 is 0 Å². The highest BCUT2D eigenvalue weighted by molar-refractivity contribution is 5.89. The van der Waals surface area contributed by atoms with E-state index in [-0.39, 0.29) is 11.9 Å². The predicted octanol–water partition coefficient (Wildman–Crippen LogP) is 4.24. The summed E-state index contributed by atoms with van der Waals surface area (Å²) in [5, 5.41) is 4.89. The number of piperidine rings is 1. The van der Waals surface area contributed by atoms with Crippen molar-refractivity contribution in [1.82, 2.24) is 15.2 Å². The van der Waals surface area contributed by atoms with Crippen molar-refractivity contribution in [2.45, 2.75) is 50.1 Å². The maximum atomic E-state index is 13.6. The van der Waals surface area contributed by atoms with E-state index in [9.17, 15) is 4.79 Å². The SMILES string of the molecule is O=C(Cc1c[nH]c2ccccc12)N1CCCC[C@H]2NCC[C@H](c3ccccc3)[C@H]21. The summed E-state index contributed by atoms with van der Waals surface area (Å²) in [5.74, 6) is 0.670. The Hall–Kier alpha value is -2.59. The van der Waals surface area contributed by atoms with Crippen LogP contribution in [0.3, 0.4) is 0 Å². The van der Waals surface area contributed by atoms with Crippen LogP contribution in [0, 0.1) is 0 Å². The van der Waals surface area contributed by atoms with Crippen LogP contribution in [0.5, 0.6) is 0 Å². The van der Waals surface area contributed by atoms with Gasteiger partial charge in [-0.25, -0.2) is 0 Å². The van der Waals surface area contributed by atoms with Crippen molar-refractivity contribution in [2.75, 3.05) is 13.1 Å². The fraction of sp³-hybridized carbons (Fsp3) is 0.400.